The summed E-state index contributed by atoms with van der Waals surface area (Å²) < 4.78 is 29.1. The van der Waals surface area contributed by atoms with Crippen LogP contribution in [-0.2, 0) is 30.9 Å². The third-order valence-corrected chi connectivity index (χ3v) is 4.07. The molecule has 1 amide bonds. The fraction of sp³-hybridized carbons (Fsp3) is 0.667. The Morgan fingerprint density at radius 1 is 1.39 bits per heavy atom. The van der Waals surface area contributed by atoms with Gasteiger partial charge in [0.2, 0.25) is 15.9 Å². The van der Waals surface area contributed by atoms with Crippen molar-refractivity contribution in [3.63, 3.8) is 0 Å². The Morgan fingerprint density at radius 2 is 2.04 bits per heavy atom. The first-order chi connectivity index (χ1) is 10.8. The van der Waals surface area contributed by atoms with Crippen LogP contribution in [0.15, 0.2) is 6.20 Å². The van der Waals surface area contributed by atoms with Crippen LogP contribution in [0.4, 0.5) is 5.82 Å². The van der Waals surface area contributed by atoms with Gasteiger partial charge in [0, 0.05) is 13.1 Å². The zero-order chi connectivity index (χ0) is 17.0. The molecule has 1 aliphatic rings. The molecule has 1 fully saturated rings. The first-order valence-electron chi connectivity index (χ1n) is 7.02. The molecule has 0 bridgehead atoms. The topological polar surface area (TPSA) is 123 Å². The molecule has 0 saturated carbocycles. The van der Waals surface area contributed by atoms with E-state index < -0.39 is 10.0 Å². The smallest absolute Gasteiger partial charge is 0.308 e. The summed E-state index contributed by atoms with van der Waals surface area (Å²) in [6, 6.07) is 0. The summed E-state index contributed by atoms with van der Waals surface area (Å²) in [5.41, 5.74) is 0. The van der Waals surface area contributed by atoms with E-state index in [0.29, 0.717) is 25.9 Å². The van der Waals surface area contributed by atoms with Gasteiger partial charge >= 0.3 is 5.97 Å². The number of methoxy groups -OCH3 is 1. The molecular weight excluding hydrogens is 326 g/mol. The molecule has 0 atom stereocenters. The number of rotatable bonds is 5. The molecule has 1 saturated heterocycles. The van der Waals surface area contributed by atoms with E-state index in [1.165, 1.54) is 13.3 Å². The molecule has 0 unspecified atom stereocenters. The lowest BCUT2D eigenvalue weighted by Crippen LogP contribution is -2.42. The predicted octanol–water partition coefficient (Wildman–Crippen LogP) is -0.939. The maximum atomic E-state index is 12.2. The second-order valence-electron chi connectivity index (χ2n) is 5.31. The normalized spacial score (nSPS) is 16.2. The van der Waals surface area contributed by atoms with E-state index in [1.807, 2.05) is 0 Å². The minimum atomic E-state index is -3.43. The number of nitrogens with one attached hydrogen (secondary N) is 1. The van der Waals surface area contributed by atoms with Gasteiger partial charge in [-0.05, 0) is 12.8 Å². The highest BCUT2D eigenvalue weighted by atomic mass is 32.2. The van der Waals surface area contributed by atoms with Crippen molar-refractivity contribution in [1.29, 1.82) is 0 Å². The number of amides is 1. The summed E-state index contributed by atoms with van der Waals surface area (Å²) in [6.07, 6.45) is 3.36. The second kappa shape index (κ2) is 6.94. The molecule has 1 aromatic heterocycles. The molecule has 2 heterocycles. The van der Waals surface area contributed by atoms with Crippen molar-refractivity contribution >= 4 is 27.7 Å². The number of piperidine rings is 1. The van der Waals surface area contributed by atoms with E-state index in [1.54, 1.807) is 4.90 Å². The number of nitrogens with zero attached hydrogens (tertiary/aromatic N) is 4. The number of likely N-dealkylation sites (tertiary alicyclic amines) is 1. The van der Waals surface area contributed by atoms with E-state index >= 15 is 0 Å². The zero-order valence-corrected chi connectivity index (χ0v) is 13.7. The number of anilines is 1. The number of carbonyl (C=O) groups is 2. The summed E-state index contributed by atoms with van der Waals surface area (Å²) in [7, 11) is -2.08. The number of ether oxygens (including phenoxy) is 1. The first-order valence-corrected chi connectivity index (χ1v) is 8.91. The van der Waals surface area contributed by atoms with Crippen LogP contribution in [-0.4, -0.2) is 66.6 Å². The molecule has 0 aliphatic carbocycles. The van der Waals surface area contributed by atoms with E-state index in [2.05, 4.69) is 14.9 Å². The minimum absolute atomic E-state index is 0.0599. The largest absolute Gasteiger partial charge is 0.469 e. The van der Waals surface area contributed by atoms with Gasteiger partial charge in [-0.25, -0.2) is 8.42 Å². The second-order valence-corrected chi connectivity index (χ2v) is 7.06. The van der Waals surface area contributed by atoms with E-state index in [9.17, 15) is 18.0 Å². The molecule has 128 valence electrons. The number of aromatic nitrogens is 3. The zero-order valence-electron chi connectivity index (χ0n) is 12.9. The maximum Gasteiger partial charge on any atom is 0.308 e. The van der Waals surface area contributed by atoms with Crippen LogP contribution < -0.4 is 4.72 Å². The summed E-state index contributed by atoms with van der Waals surface area (Å²) in [6.45, 7) is 0.844. The van der Waals surface area contributed by atoms with Gasteiger partial charge in [0.05, 0.1) is 25.5 Å². The molecule has 10 nitrogen and oxygen atoms in total. The summed E-state index contributed by atoms with van der Waals surface area (Å²) in [5.74, 6) is -0.542. The fourth-order valence-electron chi connectivity index (χ4n) is 2.36. The van der Waals surface area contributed by atoms with Gasteiger partial charge in [-0.15, -0.1) is 5.10 Å². The van der Waals surface area contributed by atoms with Crippen LogP contribution in [0.3, 0.4) is 0 Å². The number of sulfonamides is 1. The third-order valence-electron chi connectivity index (χ3n) is 3.49. The predicted molar refractivity (Wildman–Crippen MR) is 79.8 cm³/mol. The van der Waals surface area contributed by atoms with Crippen LogP contribution in [0.1, 0.15) is 12.8 Å². The molecule has 11 heteroatoms. The van der Waals surface area contributed by atoms with Gasteiger partial charge in [-0.3, -0.25) is 14.3 Å². The summed E-state index contributed by atoms with van der Waals surface area (Å²) in [5, 5.41) is 7.73. The molecule has 0 radical (unpaired) electrons. The third kappa shape index (κ3) is 4.91. The molecule has 2 rings (SSSR count). The van der Waals surface area contributed by atoms with Crippen LogP contribution in [0.25, 0.3) is 0 Å². The van der Waals surface area contributed by atoms with E-state index in [4.69, 9.17) is 4.74 Å². The molecule has 23 heavy (non-hydrogen) atoms. The lowest BCUT2D eigenvalue weighted by atomic mass is 9.97. The highest BCUT2D eigenvalue weighted by Crippen LogP contribution is 2.18. The average molecular weight is 345 g/mol. The molecule has 0 spiro atoms. The maximum absolute atomic E-state index is 12.2. The number of hydrogen-bond acceptors (Lipinski definition) is 7. The lowest BCUT2D eigenvalue weighted by Gasteiger charge is -2.30. The van der Waals surface area contributed by atoms with Gasteiger partial charge < -0.3 is 9.64 Å². The van der Waals surface area contributed by atoms with Crippen molar-refractivity contribution in [2.24, 2.45) is 5.92 Å². The highest BCUT2D eigenvalue weighted by molar-refractivity contribution is 7.92. The standard InChI is InChI=1S/C12H19N5O5S/c1-22-12(19)9-3-5-16(6-4-9)11(18)8-17-13-7-10(14-17)15-23(2,20)21/h7,9H,3-6,8H2,1-2H3,(H,14,15). The number of hydrogen-bond donors (Lipinski definition) is 1. The fourth-order valence-corrected chi connectivity index (χ4v) is 2.84. The Morgan fingerprint density at radius 3 is 2.61 bits per heavy atom. The minimum Gasteiger partial charge on any atom is -0.469 e. The van der Waals surface area contributed by atoms with Crippen molar-refractivity contribution in [1.82, 2.24) is 19.9 Å². The Labute approximate surface area is 133 Å². The molecule has 1 N–H and O–H groups in total. The SMILES string of the molecule is COC(=O)C1CCN(C(=O)Cn2ncc(NS(C)(=O)=O)n2)CC1. The van der Waals surface area contributed by atoms with Crippen molar-refractivity contribution in [3.05, 3.63) is 6.20 Å². The summed E-state index contributed by atoms with van der Waals surface area (Å²) >= 11 is 0. The molecule has 1 aromatic rings. The monoisotopic (exact) mass is 345 g/mol. The van der Waals surface area contributed by atoms with Crippen LogP contribution >= 0.6 is 0 Å². The highest BCUT2D eigenvalue weighted by Gasteiger charge is 2.28. The van der Waals surface area contributed by atoms with Gasteiger partial charge in [0.15, 0.2) is 5.82 Å². The number of esters is 1. The van der Waals surface area contributed by atoms with Crippen LogP contribution in [0, 0.1) is 5.92 Å². The van der Waals surface area contributed by atoms with Crippen molar-refractivity contribution in [2.45, 2.75) is 19.4 Å². The van der Waals surface area contributed by atoms with E-state index in [-0.39, 0.29) is 30.2 Å². The Kier molecular flexibility index (Phi) is 5.19. The van der Waals surface area contributed by atoms with Gasteiger partial charge in [-0.2, -0.15) is 9.90 Å². The van der Waals surface area contributed by atoms with Crippen molar-refractivity contribution < 1.29 is 22.7 Å². The van der Waals surface area contributed by atoms with Crippen molar-refractivity contribution in [2.75, 3.05) is 31.2 Å². The quantitative estimate of drug-likeness (QED) is 0.683. The van der Waals surface area contributed by atoms with Gasteiger partial charge in [-0.1, -0.05) is 0 Å². The van der Waals surface area contributed by atoms with E-state index in [0.717, 1.165) is 11.1 Å². The Balaban J connectivity index is 1.87. The summed E-state index contributed by atoms with van der Waals surface area (Å²) in [4.78, 5) is 26.4. The number of carbonyl (C=O) groups excluding carboxylic acids is 2. The van der Waals surface area contributed by atoms with Crippen molar-refractivity contribution in [3.8, 4) is 0 Å². The van der Waals surface area contributed by atoms with Crippen LogP contribution in [0.2, 0.25) is 0 Å². The molecule has 1 aliphatic heterocycles. The van der Waals surface area contributed by atoms with Gasteiger partial charge in [0.1, 0.15) is 6.54 Å². The van der Waals surface area contributed by atoms with Gasteiger partial charge in [0.25, 0.3) is 0 Å². The average Bonchev–Trinajstić information content (AvgIpc) is 2.91. The first kappa shape index (κ1) is 17.2. The van der Waals surface area contributed by atoms with Crippen LogP contribution in [0.5, 0.6) is 0 Å². The Bertz CT molecular complexity index is 678. The molecular formula is C12H19N5O5S. The lowest BCUT2D eigenvalue weighted by molar-refractivity contribution is -0.149. The molecule has 0 aromatic carbocycles. The Hall–Kier alpha value is -2.17.